The number of hydrogen-bond donors (Lipinski definition) is 1. The third kappa shape index (κ3) is 5.03. The predicted molar refractivity (Wildman–Crippen MR) is 120 cm³/mol. The van der Waals surface area contributed by atoms with Gasteiger partial charge in [-0.2, -0.15) is 0 Å². The molecular formula is C25H20F2N2O5. The molecule has 1 N–H and O–H groups in total. The zero-order valence-corrected chi connectivity index (χ0v) is 18.1. The SMILES string of the molecule is CC(C(=O)Nc1ccc(F)cc1)N1C(=O)COc2ccc(C(=O)COc3ccc(F)cc3)cc21. The van der Waals surface area contributed by atoms with Crippen molar-refractivity contribution in [3.8, 4) is 11.5 Å². The molecule has 3 aromatic carbocycles. The molecule has 1 aliphatic rings. The zero-order chi connectivity index (χ0) is 24.2. The van der Waals surface area contributed by atoms with Gasteiger partial charge in [-0.1, -0.05) is 0 Å². The van der Waals surface area contributed by atoms with Crippen molar-refractivity contribution in [2.24, 2.45) is 0 Å². The van der Waals surface area contributed by atoms with Crippen LogP contribution in [-0.2, 0) is 9.59 Å². The fourth-order valence-corrected chi connectivity index (χ4v) is 3.43. The molecule has 7 nitrogen and oxygen atoms in total. The molecule has 1 aliphatic heterocycles. The van der Waals surface area contributed by atoms with Crippen molar-refractivity contribution in [1.29, 1.82) is 0 Å². The fourth-order valence-electron chi connectivity index (χ4n) is 3.43. The van der Waals surface area contributed by atoms with Crippen molar-refractivity contribution in [2.75, 3.05) is 23.4 Å². The summed E-state index contributed by atoms with van der Waals surface area (Å²) in [5.74, 6) is -1.52. The summed E-state index contributed by atoms with van der Waals surface area (Å²) >= 11 is 0. The number of Topliss-reactive ketones (excluding diaryl/α,β-unsaturated/α-hetero) is 1. The number of nitrogens with one attached hydrogen (secondary N) is 1. The van der Waals surface area contributed by atoms with E-state index in [-0.39, 0.29) is 30.2 Å². The molecule has 2 amide bonds. The van der Waals surface area contributed by atoms with Crippen LogP contribution < -0.4 is 19.7 Å². The molecule has 1 unspecified atom stereocenters. The number of rotatable bonds is 7. The summed E-state index contributed by atoms with van der Waals surface area (Å²) in [5, 5.41) is 2.64. The number of carbonyl (C=O) groups excluding carboxylic acids is 3. The Bertz CT molecular complexity index is 1230. The molecule has 1 atom stereocenters. The molecule has 174 valence electrons. The van der Waals surface area contributed by atoms with Crippen LogP contribution in [0.15, 0.2) is 66.7 Å². The predicted octanol–water partition coefficient (Wildman–Crippen LogP) is 3.98. The maximum atomic E-state index is 13.1. The van der Waals surface area contributed by atoms with E-state index in [0.29, 0.717) is 17.2 Å². The number of hydrogen-bond acceptors (Lipinski definition) is 5. The molecule has 1 heterocycles. The highest BCUT2D eigenvalue weighted by molar-refractivity contribution is 6.08. The number of amides is 2. The van der Waals surface area contributed by atoms with Gasteiger partial charge in [0.15, 0.2) is 19.0 Å². The number of ketones is 1. The van der Waals surface area contributed by atoms with Gasteiger partial charge in [0.1, 0.15) is 29.2 Å². The van der Waals surface area contributed by atoms with Crippen LogP contribution >= 0.6 is 0 Å². The topological polar surface area (TPSA) is 84.9 Å². The van der Waals surface area contributed by atoms with Crippen molar-refractivity contribution in [3.05, 3.63) is 83.9 Å². The Balaban J connectivity index is 1.52. The second-order valence-corrected chi connectivity index (χ2v) is 7.57. The highest BCUT2D eigenvalue weighted by Gasteiger charge is 2.33. The molecule has 0 aromatic heterocycles. The lowest BCUT2D eigenvalue weighted by atomic mass is 10.1. The Morgan fingerprint density at radius 3 is 2.35 bits per heavy atom. The van der Waals surface area contributed by atoms with Gasteiger partial charge in [-0.05, 0) is 73.7 Å². The van der Waals surface area contributed by atoms with Gasteiger partial charge in [0.05, 0.1) is 5.69 Å². The average Bonchev–Trinajstić information content (AvgIpc) is 2.84. The van der Waals surface area contributed by atoms with E-state index in [9.17, 15) is 23.2 Å². The highest BCUT2D eigenvalue weighted by atomic mass is 19.1. The first kappa shape index (κ1) is 22.9. The maximum Gasteiger partial charge on any atom is 0.265 e. The van der Waals surface area contributed by atoms with Crippen molar-refractivity contribution in [1.82, 2.24) is 0 Å². The minimum Gasteiger partial charge on any atom is -0.485 e. The Morgan fingerprint density at radius 2 is 1.68 bits per heavy atom. The van der Waals surface area contributed by atoms with E-state index in [1.807, 2.05) is 0 Å². The second kappa shape index (κ2) is 9.70. The van der Waals surface area contributed by atoms with Crippen LogP contribution in [0.4, 0.5) is 20.2 Å². The Kier molecular flexibility index (Phi) is 6.53. The molecule has 0 radical (unpaired) electrons. The van der Waals surface area contributed by atoms with E-state index in [4.69, 9.17) is 9.47 Å². The van der Waals surface area contributed by atoms with Gasteiger partial charge in [0, 0.05) is 11.3 Å². The highest BCUT2D eigenvalue weighted by Crippen LogP contribution is 2.34. The van der Waals surface area contributed by atoms with Crippen LogP contribution in [-0.4, -0.2) is 36.9 Å². The first-order chi connectivity index (χ1) is 16.3. The van der Waals surface area contributed by atoms with Gasteiger partial charge in [-0.3, -0.25) is 19.3 Å². The number of ether oxygens (including phenoxy) is 2. The van der Waals surface area contributed by atoms with E-state index in [2.05, 4.69) is 5.32 Å². The van der Waals surface area contributed by atoms with Crippen molar-refractivity contribution >= 4 is 29.0 Å². The summed E-state index contributed by atoms with van der Waals surface area (Å²) < 4.78 is 37.0. The van der Waals surface area contributed by atoms with Crippen molar-refractivity contribution in [2.45, 2.75) is 13.0 Å². The third-order valence-corrected chi connectivity index (χ3v) is 5.22. The summed E-state index contributed by atoms with van der Waals surface area (Å²) in [4.78, 5) is 39.4. The van der Waals surface area contributed by atoms with Crippen LogP contribution in [0, 0.1) is 11.6 Å². The van der Waals surface area contributed by atoms with Gasteiger partial charge < -0.3 is 14.8 Å². The molecule has 0 fully saturated rings. The summed E-state index contributed by atoms with van der Waals surface area (Å²) in [5.41, 5.74) is 0.891. The van der Waals surface area contributed by atoms with E-state index in [1.165, 1.54) is 72.5 Å². The molecule has 4 rings (SSSR count). The average molecular weight is 466 g/mol. The first-order valence-electron chi connectivity index (χ1n) is 10.4. The number of halogens is 2. The molecular weight excluding hydrogens is 446 g/mol. The normalized spacial score (nSPS) is 13.5. The largest absolute Gasteiger partial charge is 0.485 e. The smallest absolute Gasteiger partial charge is 0.265 e. The lowest BCUT2D eigenvalue weighted by Crippen LogP contribution is -2.49. The van der Waals surface area contributed by atoms with Gasteiger partial charge >= 0.3 is 0 Å². The number of fused-ring (bicyclic) bond motifs is 1. The van der Waals surface area contributed by atoms with Gasteiger partial charge in [0.2, 0.25) is 5.91 Å². The zero-order valence-electron chi connectivity index (χ0n) is 18.1. The van der Waals surface area contributed by atoms with Crippen LogP contribution in [0.5, 0.6) is 11.5 Å². The molecule has 0 spiro atoms. The van der Waals surface area contributed by atoms with Crippen molar-refractivity contribution in [3.63, 3.8) is 0 Å². The molecule has 34 heavy (non-hydrogen) atoms. The Hall–Kier alpha value is -4.27. The molecule has 0 saturated heterocycles. The molecule has 0 saturated carbocycles. The monoisotopic (exact) mass is 466 g/mol. The van der Waals surface area contributed by atoms with Gasteiger partial charge in [-0.15, -0.1) is 0 Å². The molecule has 9 heteroatoms. The molecule has 0 aliphatic carbocycles. The van der Waals surface area contributed by atoms with Crippen LogP contribution in [0.1, 0.15) is 17.3 Å². The lowest BCUT2D eigenvalue weighted by molar-refractivity contribution is -0.125. The minimum absolute atomic E-state index is 0.246. The first-order valence-corrected chi connectivity index (χ1v) is 10.4. The van der Waals surface area contributed by atoms with Crippen molar-refractivity contribution < 1.29 is 32.6 Å². The number of anilines is 2. The van der Waals surface area contributed by atoms with Crippen LogP contribution in [0.25, 0.3) is 0 Å². The van der Waals surface area contributed by atoms with E-state index in [1.54, 1.807) is 6.07 Å². The van der Waals surface area contributed by atoms with E-state index >= 15 is 0 Å². The van der Waals surface area contributed by atoms with E-state index < -0.39 is 29.5 Å². The number of nitrogens with zero attached hydrogens (tertiary/aromatic N) is 1. The number of benzene rings is 3. The second-order valence-electron chi connectivity index (χ2n) is 7.57. The van der Waals surface area contributed by atoms with Gasteiger partial charge in [0.25, 0.3) is 5.91 Å². The van der Waals surface area contributed by atoms with Gasteiger partial charge in [-0.25, -0.2) is 8.78 Å². The third-order valence-electron chi connectivity index (χ3n) is 5.22. The standard InChI is InChI=1S/C25H20F2N2O5/c1-15(25(32)28-19-7-3-17(26)4-8-19)29-21-12-16(2-11-23(21)34-14-24(29)31)22(30)13-33-20-9-5-18(27)6-10-20/h2-12,15H,13-14H2,1H3,(H,28,32). The maximum absolute atomic E-state index is 13.1. The minimum atomic E-state index is -0.943. The fraction of sp³-hybridized carbons (Fsp3) is 0.160. The summed E-state index contributed by atoms with van der Waals surface area (Å²) in [6.07, 6.45) is 0. The summed E-state index contributed by atoms with van der Waals surface area (Å²) in [7, 11) is 0. The lowest BCUT2D eigenvalue weighted by Gasteiger charge is -2.33. The quantitative estimate of drug-likeness (QED) is 0.533. The Labute approximate surface area is 193 Å². The summed E-state index contributed by atoms with van der Waals surface area (Å²) in [6.45, 7) is 0.972. The van der Waals surface area contributed by atoms with E-state index in [0.717, 1.165) is 0 Å². The number of carbonyl (C=O) groups is 3. The van der Waals surface area contributed by atoms with Crippen LogP contribution in [0.3, 0.4) is 0 Å². The molecule has 0 bridgehead atoms. The molecule has 3 aromatic rings. The van der Waals surface area contributed by atoms with Crippen LogP contribution in [0.2, 0.25) is 0 Å². The summed E-state index contributed by atoms with van der Waals surface area (Å²) in [6, 6.07) is 14.1. The Morgan fingerprint density at radius 1 is 1.03 bits per heavy atom.